The predicted molar refractivity (Wildman–Crippen MR) is 57.6 cm³/mol. The highest BCUT2D eigenvalue weighted by Gasteiger charge is 2.08. The van der Waals surface area contributed by atoms with Crippen molar-refractivity contribution in [1.82, 2.24) is 15.1 Å². The molecule has 0 saturated carbocycles. The van der Waals surface area contributed by atoms with E-state index in [2.05, 4.69) is 25.0 Å². The second-order valence-corrected chi connectivity index (χ2v) is 3.34. The molecule has 0 bridgehead atoms. The van der Waals surface area contributed by atoms with Crippen molar-refractivity contribution >= 4 is 11.8 Å². The lowest BCUT2D eigenvalue weighted by Gasteiger charge is -2.05. The first-order valence-corrected chi connectivity index (χ1v) is 4.87. The number of aromatic nitrogens is 3. The highest BCUT2D eigenvalue weighted by molar-refractivity contribution is 5.89. The summed E-state index contributed by atoms with van der Waals surface area (Å²) in [7, 11) is 0. The van der Waals surface area contributed by atoms with Crippen LogP contribution < -0.4 is 5.32 Å². The van der Waals surface area contributed by atoms with Crippen molar-refractivity contribution in [3.63, 3.8) is 0 Å². The Hall–Kier alpha value is -2.44. The van der Waals surface area contributed by atoms with Crippen LogP contribution in [0.3, 0.4) is 0 Å². The number of pyridine rings is 1. The van der Waals surface area contributed by atoms with Crippen LogP contribution in [0.25, 0.3) is 0 Å². The zero-order valence-corrected chi connectivity index (χ0v) is 9.04. The van der Waals surface area contributed by atoms with Gasteiger partial charge in [-0.1, -0.05) is 5.16 Å². The van der Waals surface area contributed by atoms with Crippen molar-refractivity contribution in [2.24, 2.45) is 0 Å². The first kappa shape index (κ1) is 11.1. The summed E-state index contributed by atoms with van der Waals surface area (Å²) in [5.74, 6) is 0.0868. The molecule has 88 valence electrons. The third-order valence-corrected chi connectivity index (χ3v) is 2.15. The van der Waals surface area contributed by atoms with Gasteiger partial charge in [-0.05, 0) is 19.1 Å². The second kappa shape index (κ2) is 4.60. The van der Waals surface area contributed by atoms with Crippen molar-refractivity contribution in [3.8, 4) is 0 Å². The molecule has 0 fully saturated rings. The van der Waals surface area contributed by atoms with Crippen LogP contribution in [0.4, 0.5) is 5.82 Å². The molecule has 7 heteroatoms. The first-order chi connectivity index (χ1) is 8.16. The molecule has 2 heterocycles. The minimum absolute atomic E-state index is 0.190. The number of carboxylic acid groups (broad SMARTS) is 1. The molecule has 0 unspecified atom stereocenters. The zero-order chi connectivity index (χ0) is 12.3. The Labute approximate surface area is 96.5 Å². The van der Waals surface area contributed by atoms with Crippen LogP contribution >= 0.6 is 0 Å². The summed E-state index contributed by atoms with van der Waals surface area (Å²) < 4.78 is 4.58. The molecule has 2 aromatic heterocycles. The molecule has 0 aliphatic heterocycles. The molecule has 0 atom stereocenters. The van der Waals surface area contributed by atoms with Crippen LogP contribution in [0.2, 0.25) is 0 Å². The fourth-order valence-electron chi connectivity index (χ4n) is 1.33. The topological polar surface area (TPSA) is 101 Å². The SMILES string of the molecule is Cc1nc(NCc2ncon2)ccc1C(=O)O. The predicted octanol–water partition coefficient (Wildman–Crippen LogP) is 1.08. The van der Waals surface area contributed by atoms with Gasteiger partial charge in [0.15, 0.2) is 5.82 Å². The summed E-state index contributed by atoms with van der Waals surface area (Å²) in [5.41, 5.74) is 0.644. The first-order valence-electron chi connectivity index (χ1n) is 4.87. The van der Waals surface area contributed by atoms with Crippen molar-refractivity contribution in [3.05, 3.63) is 35.6 Å². The summed E-state index contributed by atoms with van der Waals surface area (Å²) in [5, 5.41) is 15.4. The molecule has 0 aliphatic carbocycles. The molecule has 0 aliphatic rings. The maximum atomic E-state index is 10.8. The Kier molecular flexibility index (Phi) is 2.99. The van der Waals surface area contributed by atoms with E-state index < -0.39 is 5.97 Å². The van der Waals surface area contributed by atoms with E-state index in [0.29, 0.717) is 23.9 Å². The number of carbonyl (C=O) groups is 1. The van der Waals surface area contributed by atoms with Crippen LogP contribution in [0, 0.1) is 6.92 Å². The van der Waals surface area contributed by atoms with Gasteiger partial charge in [-0.3, -0.25) is 0 Å². The monoisotopic (exact) mass is 234 g/mol. The lowest BCUT2D eigenvalue weighted by Crippen LogP contribution is -2.06. The molecule has 17 heavy (non-hydrogen) atoms. The van der Waals surface area contributed by atoms with Gasteiger partial charge in [0.05, 0.1) is 17.8 Å². The van der Waals surface area contributed by atoms with E-state index in [0.717, 1.165) is 0 Å². The minimum atomic E-state index is -0.986. The molecule has 2 aromatic rings. The summed E-state index contributed by atoms with van der Waals surface area (Å²) in [4.78, 5) is 18.7. The van der Waals surface area contributed by atoms with Crippen molar-refractivity contribution in [1.29, 1.82) is 0 Å². The number of hydrogen-bond donors (Lipinski definition) is 2. The van der Waals surface area contributed by atoms with E-state index in [1.807, 2.05) is 0 Å². The molecule has 0 saturated heterocycles. The summed E-state index contributed by atoms with van der Waals surface area (Å²) in [6, 6.07) is 3.10. The fourth-order valence-corrected chi connectivity index (χ4v) is 1.33. The molecule has 0 spiro atoms. The third-order valence-electron chi connectivity index (χ3n) is 2.15. The Morgan fingerprint density at radius 2 is 2.35 bits per heavy atom. The Morgan fingerprint density at radius 1 is 1.53 bits per heavy atom. The van der Waals surface area contributed by atoms with Crippen LogP contribution in [0.15, 0.2) is 23.0 Å². The molecular formula is C10H10N4O3. The average Bonchev–Trinajstić information content (AvgIpc) is 2.78. The smallest absolute Gasteiger partial charge is 0.337 e. The molecule has 7 nitrogen and oxygen atoms in total. The second-order valence-electron chi connectivity index (χ2n) is 3.34. The quantitative estimate of drug-likeness (QED) is 0.816. The van der Waals surface area contributed by atoms with E-state index in [1.165, 1.54) is 12.5 Å². The van der Waals surface area contributed by atoms with E-state index in [1.54, 1.807) is 13.0 Å². The van der Waals surface area contributed by atoms with Crippen LogP contribution in [-0.4, -0.2) is 26.2 Å². The molecule has 0 radical (unpaired) electrons. The van der Waals surface area contributed by atoms with E-state index in [4.69, 9.17) is 5.11 Å². The minimum Gasteiger partial charge on any atom is -0.478 e. The van der Waals surface area contributed by atoms with Gasteiger partial charge in [0.25, 0.3) is 0 Å². The zero-order valence-electron chi connectivity index (χ0n) is 9.04. The maximum Gasteiger partial charge on any atom is 0.337 e. The van der Waals surface area contributed by atoms with Gasteiger partial charge in [-0.2, -0.15) is 4.98 Å². The van der Waals surface area contributed by atoms with Crippen LogP contribution in [-0.2, 0) is 6.54 Å². The van der Waals surface area contributed by atoms with Gasteiger partial charge in [-0.25, -0.2) is 9.78 Å². The molecule has 0 amide bonds. The number of anilines is 1. The maximum absolute atomic E-state index is 10.8. The normalized spacial score (nSPS) is 10.2. The van der Waals surface area contributed by atoms with Gasteiger partial charge >= 0.3 is 5.97 Å². The lowest BCUT2D eigenvalue weighted by molar-refractivity contribution is 0.0695. The lowest BCUT2D eigenvalue weighted by atomic mass is 10.2. The van der Waals surface area contributed by atoms with Gasteiger partial charge in [-0.15, -0.1) is 0 Å². The number of nitrogens with one attached hydrogen (secondary N) is 1. The van der Waals surface area contributed by atoms with E-state index in [9.17, 15) is 4.79 Å². The van der Waals surface area contributed by atoms with Gasteiger partial charge < -0.3 is 14.9 Å². The Bertz CT molecular complexity index is 524. The number of carboxylic acids is 1. The Balaban J connectivity index is 2.07. The highest BCUT2D eigenvalue weighted by atomic mass is 16.5. The summed E-state index contributed by atoms with van der Waals surface area (Å²) in [6.07, 6.45) is 1.24. The molecule has 0 aromatic carbocycles. The Morgan fingerprint density at radius 3 is 2.94 bits per heavy atom. The van der Waals surface area contributed by atoms with Crippen molar-refractivity contribution in [2.45, 2.75) is 13.5 Å². The van der Waals surface area contributed by atoms with Crippen molar-refractivity contribution < 1.29 is 14.4 Å². The number of hydrogen-bond acceptors (Lipinski definition) is 6. The number of nitrogens with zero attached hydrogens (tertiary/aromatic N) is 3. The van der Waals surface area contributed by atoms with Gasteiger partial charge in [0.2, 0.25) is 6.39 Å². The van der Waals surface area contributed by atoms with Gasteiger partial charge in [0, 0.05) is 0 Å². The van der Waals surface area contributed by atoms with Gasteiger partial charge in [0.1, 0.15) is 5.82 Å². The summed E-state index contributed by atoms with van der Waals surface area (Å²) >= 11 is 0. The van der Waals surface area contributed by atoms with Crippen LogP contribution in [0.1, 0.15) is 21.9 Å². The molecular weight excluding hydrogens is 224 g/mol. The standard InChI is InChI=1S/C10H10N4O3/c1-6-7(10(15)16)2-3-8(13-6)11-4-9-12-5-17-14-9/h2-3,5H,4H2,1H3,(H,11,13)(H,15,16). The number of rotatable bonds is 4. The average molecular weight is 234 g/mol. The largest absolute Gasteiger partial charge is 0.478 e. The number of aryl methyl sites for hydroxylation is 1. The number of aromatic carboxylic acids is 1. The summed E-state index contributed by atoms with van der Waals surface area (Å²) in [6.45, 7) is 2.01. The van der Waals surface area contributed by atoms with Crippen molar-refractivity contribution in [2.75, 3.05) is 5.32 Å². The van der Waals surface area contributed by atoms with E-state index >= 15 is 0 Å². The fraction of sp³-hybridized carbons (Fsp3) is 0.200. The molecule has 2 rings (SSSR count). The molecule has 2 N–H and O–H groups in total. The van der Waals surface area contributed by atoms with E-state index in [-0.39, 0.29) is 5.56 Å². The highest BCUT2D eigenvalue weighted by Crippen LogP contribution is 2.11. The third kappa shape index (κ3) is 2.57. The van der Waals surface area contributed by atoms with Crippen LogP contribution in [0.5, 0.6) is 0 Å².